The van der Waals surface area contributed by atoms with Crippen LogP contribution in [0.5, 0.6) is 17.2 Å². The average molecular weight is 494 g/mol. The highest BCUT2D eigenvalue weighted by atomic mass is 35.5. The number of carbonyl (C=O) groups is 1. The molecule has 0 aromatic heterocycles. The normalized spacial score (nSPS) is 13.9. The molecule has 180 valence electrons. The number of ether oxygens (including phenoxy) is 4. The first-order valence-corrected chi connectivity index (χ1v) is 10.5. The van der Waals surface area contributed by atoms with Crippen LogP contribution in [0.4, 0.5) is 20.2 Å². The molecule has 1 heterocycles. The summed E-state index contributed by atoms with van der Waals surface area (Å²) < 4.78 is 45.6. The van der Waals surface area contributed by atoms with E-state index in [4.69, 9.17) is 25.8 Å². The van der Waals surface area contributed by atoms with Gasteiger partial charge in [0, 0.05) is 18.1 Å². The van der Waals surface area contributed by atoms with Gasteiger partial charge in [-0.15, -0.1) is 0 Å². The molecule has 0 saturated carbocycles. The SMILES string of the molecule is COc1cc(/C=C(\C#N)C(=O)Nc2cc(Cl)ccc2N2CCOCC2)cc(OC)c1OC(F)F. The molecule has 2 aromatic carbocycles. The van der Waals surface area contributed by atoms with Crippen LogP contribution in [0.1, 0.15) is 5.56 Å². The number of methoxy groups -OCH3 is 2. The lowest BCUT2D eigenvalue weighted by Gasteiger charge is -2.30. The van der Waals surface area contributed by atoms with Gasteiger partial charge >= 0.3 is 6.61 Å². The van der Waals surface area contributed by atoms with Gasteiger partial charge in [-0.3, -0.25) is 4.79 Å². The Kier molecular flexibility index (Phi) is 8.51. The number of hydrogen-bond acceptors (Lipinski definition) is 7. The van der Waals surface area contributed by atoms with Crippen LogP contribution in [-0.2, 0) is 9.53 Å². The van der Waals surface area contributed by atoms with Crippen molar-refractivity contribution in [3.05, 3.63) is 46.5 Å². The highest BCUT2D eigenvalue weighted by Crippen LogP contribution is 2.40. The van der Waals surface area contributed by atoms with Crippen molar-refractivity contribution in [2.45, 2.75) is 6.61 Å². The van der Waals surface area contributed by atoms with Gasteiger partial charge in [0.1, 0.15) is 11.6 Å². The van der Waals surface area contributed by atoms with Crippen LogP contribution in [0.15, 0.2) is 35.9 Å². The van der Waals surface area contributed by atoms with Crippen LogP contribution in [0.3, 0.4) is 0 Å². The second kappa shape index (κ2) is 11.5. The summed E-state index contributed by atoms with van der Waals surface area (Å²) in [5.74, 6) is -1.07. The lowest BCUT2D eigenvalue weighted by Crippen LogP contribution is -2.36. The number of anilines is 2. The van der Waals surface area contributed by atoms with Crippen molar-refractivity contribution < 1.29 is 32.5 Å². The van der Waals surface area contributed by atoms with Crippen molar-refractivity contribution in [1.29, 1.82) is 5.26 Å². The van der Waals surface area contributed by atoms with Crippen molar-refractivity contribution in [3.8, 4) is 23.3 Å². The lowest BCUT2D eigenvalue weighted by molar-refractivity contribution is -0.112. The molecule has 0 atom stereocenters. The molecule has 1 N–H and O–H groups in total. The summed E-state index contributed by atoms with van der Waals surface area (Å²) >= 11 is 6.13. The minimum atomic E-state index is -3.09. The van der Waals surface area contributed by atoms with Crippen LogP contribution in [0, 0.1) is 11.3 Å². The molecular formula is C23H22ClF2N3O5. The molecule has 1 aliphatic rings. The molecule has 1 saturated heterocycles. The number of morpholine rings is 1. The zero-order valence-electron chi connectivity index (χ0n) is 18.4. The van der Waals surface area contributed by atoms with Gasteiger partial charge in [-0.25, -0.2) is 0 Å². The summed E-state index contributed by atoms with van der Waals surface area (Å²) in [6.45, 7) is -0.721. The third-order valence-electron chi connectivity index (χ3n) is 4.92. The van der Waals surface area contributed by atoms with Crippen LogP contribution >= 0.6 is 11.6 Å². The zero-order chi connectivity index (χ0) is 24.7. The highest BCUT2D eigenvalue weighted by Gasteiger charge is 2.20. The van der Waals surface area contributed by atoms with Gasteiger partial charge in [0.05, 0.1) is 38.8 Å². The van der Waals surface area contributed by atoms with E-state index in [9.17, 15) is 18.8 Å². The monoisotopic (exact) mass is 493 g/mol. The van der Waals surface area contributed by atoms with Crippen LogP contribution in [0.25, 0.3) is 6.08 Å². The number of nitriles is 1. The smallest absolute Gasteiger partial charge is 0.387 e. The maximum absolute atomic E-state index is 12.9. The summed E-state index contributed by atoms with van der Waals surface area (Å²) in [5, 5.41) is 12.8. The first-order valence-electron chi connectivity index (χ1n) is 10.1. The Morgan fingerprint density at radius 3 is 2.41 bits per heavy atom. The number of benzene rings is 2. The predicted molar refractivity (Wildman–Crippen MR) is 123 cm³/mol. The van der Waals surface area contributed by atoms with Gasteiger partial charge in [0.25, 0.3) is 5.91 Å². The van der Waals surface area contributed by atoms with E-state index < -0.39 is 12.5 Å². The van der Waals surface area contributed by atoms with E-state index in [0.29, 0.717) is 42.6 Å². The number of carbonyl (C=O) groups excluding carboxylic acids is 1. The third kappa shape index (κ3) is 6.07. The molecule has 0 aliphatic carbocycles. The first kappa shape index (κ1) is 25.1. The summed E-state index contributed by atoms with van der Waals surface area (Å²) in [7, 11) is 2.54. The number of nitrogens with zero attached hydrogens (tertiary/aromatic N) is 2. The molecule has 2 aromatic rings. The number of amides is 1. The van der Waals surface area contributed by atoms with E-state index in [-0.39, 0.29) is 22.8 Å². The standard InChI is InChI=1S/C23H22ClF2N3O5/c1-31-19-10-14(11-20(32-2)21(19)34-23(25)26)9-15(13-27)22(30)28-17-12-16(24)3-4-18(17)29-5-7-33-8-6-29/h3-4,9-12,23H,5-8H2,1-2H3,(H,28,30)/b15-9+. The number of alkyl halides is 2. The van der Waals surface area contributed by atoms with E-state index in [1.54, 1.807) is 18.2 Å². The van der Waals surface area contributed by atoms with Crippen molar-refractivity contribution >= 4 is 35.0 Å². The van der Waals surface area contributed by atoms with Gasteiger partial charge in [-0.05, 0) is 42.0 Å². The van der Waals surface area contributed by atoms with Crippen molar-refractivity contribution in [1.82, 2.24) is 0 Å². The second-order valence-electron chi connectivity index (χ2n) is 7.02. The molecule has 11 heteroatoms. The van der Waals surface area contributed by atoms with Crippen LogP contribution in [-0.4, -0.2) is 53.0 Å². The zero-order valence-corrected chi connectivity index (χ0v) is 19.2. The fourth-order valence-corrected chi connectivity index (χ4v) is 3.55. The number of rotatable bonds is 8. The lowest BCUT2D eigenvalue weighted by atomic mass is 10.1. The van der Waals surface area contributed by atoms with Gasteiger partial charge in [0.15, 0.2) is 11.5 Å². The Labute approximate surface area is 200 Å². The Bertz CT molecular complexity index is 1090. The Morgan fingerprint density at radius 1 is 1.21 bits per heavy atom. The van der Waals surface area contributed by atoms with Crippen LogP contribution in [0.2, 0.25) is 5.02 Å². The summed E-state index contributed by atoms with van der Waals surface area (Å²) in [5.41, 5.74) is 1.26. The summed E-state index contributed by atoms with van der Waals surface area (Å²) in [6.07, 6.45) is 1.28. The fraction of sp³-hybridized carbons (Fsp3) is 0.304. The summed E-state index contributed by atoms with van der Waals surface area (Å²) in [6, 6.07) is 9.66. The number of halogens is 3. The Balaban J connectivity index is 1.92. The Hall–Kier alpha value is -3.55. The van der Waals surface area contributed by atoms with E-state index in [1.807, 2.05) is 11.0 Å². The molecule has 0 radical (unpaired) electrons. The molecule has 3 rings (SSSR count). The molecule has 0 spiro atoms. The molecule has 8 nitrogen and oxygen atoms in total. The highest BCUT2D eigenvalue weighted by molar-refractivity contribution is 6.31. The maximum atomic E-state index is 12.9. The predicted octanol–water partition coefficient (Wildman–Crippen LogP) is 4.34. The summed E-state index contributed by atoms with van der Waals surface area (Å²) in [4.78, 5) is 15.0. The molecular weight excluding hydrogens is 472 g/mol. The van der Waals surface area contributed by atoms with Gasteiger partial charge in [-0.1, -0.05) is 11.6 Å². The van der Waals surface area contributed by atoms with E-state index in [0.717, 1.165) is 5.69 Å². The molecule has 0 unspecified atom stereocenters. The molecule has 0 bridgehead atoms. The van der Waals surface area contributed by atoms with Gasteiger partial charge in [-0.2, -0.15) is 14.0 Å². The average Bonchev–Trinajstić information content (AvgIpc) is 2.83. The van der Waals surface area contributed by atoms with E-state index in [1.165, 1.54) is 32.4 Å². The Morgan fingerprint density at radius 2 is 1.85 bits per heavy atom. The minimum Gasteiger partial charge on any atom is -0.493 e. The molecule has 34 heavy (non-hydrogen) atoms. The van der Waals surface area contributed by atoms with E-state index >= 15 is 0 Å². The largest absolute Gasteiger partial charge is 0.493 e. The first-order chi connectivity index (χ1) is 16.4. The quantitative estimate of drug-likeness (QED) is 0.432. The van der Waals surface area contributed by atoms with Gasteiger partial charge < -0.3 is 29.2 Å². The number of nitrogens with one attached hydrogen (secondary N) is 1. The molecule has 1 amide bonds. The molecule has 1 aliphatic heterocycles. The van der Waals surface area contributed by atoms with Crippen molar-refractivity contribution in [3.63, 3.8) is 0 Å². The topological polar surface area (TPSA) is 93.1 Å². The minimum absolute atomic E-state index is 0.0481. The maximum Gasteiger partial charge on any atom is 0.387 e. The van der Waals surface area contributed by atoms with Gasteiger partial charge in [0.2, 0.25) is 5.75 Å². The van der Waals surface area contributed by atoms with E-state index in [2.05, 4.69) is 10.1 Å². The second-order valence-corrected chi connectivity index (χ2v) is 7.45. The third-order valence-corrected chi connectivity index (χ3v) is 5.16. The van der Waals surface area contributed by atoms with Crippen LogP contribution < -0.4 is 24.4 Å². The van der Waals surface area contributed by atoms with Crippen molar-refractivity contribution in [2.24, 2.45) is 0 Å². The van der Waals surface area contributed by atoms with Crippen molar-refractivity contribution in [2.75, 3.05) is 50.7 Å². The fourth-order valence-electron chi connectivity index (χ4n) is 3.38. The number of hydrogen-bond donors (Lipinski definition) is 1. The molecule has 1 fully saturated rings.